The molecule has 2 unspecified atom stereocenters. The van der Waals surface area contributed by atoms with Crippen molar-refractivity contribution < 1.29 is 18.0 Å². The van der Waals surface area contributed by atoms with Gasteiger partial charge in [-0.15, -0.1) is 0 Å². The van der Waals surface area contributed by atoms with Crippen molar-refractivity contribution in [2.24, 2.45) is 17.6 Å². The number of rotatable bonds is 5. The average molecular weight is 430 g/mol. The molecular weight excluding hydrogens is 402 g/mol. The van der Waals surface area contributed by atoms with Crippen LogP contribution in [0.3, 0.4) is 0 Å². The van der Waals surface area contributed by atoms with Crippen LogP contribution < -0.4 is 11.1 Å². The molecule has 0 aromatic heterocycles. The van der Waals surface area contributed by atoms with Gasteiger partial charge in [0.15, 0.2) is 0 Å². The Hall–Kier alpha value is -2.71. The van der Waals surface area contributed by atoms with E-state index in [4.69, 9.17) is 5.73 Å². The lowest BCUT2D eigenvalue weighted by molar-refractivity contribution is 0.0997. The second-order valence-corrected chi connectivity index (χ2v) is 10.1. The summed E-state index contributed by atoms with van der Waals surface area (Å²) in [6.07, 6.45) is 1.02. The maximum Gasteiger partial charge on any atom is 0.255 e. The van der Waals surface area contributed by atoms with Crippen molar-refractivity contribution in [3.63, 3.8) is 0 Å². The van der Waals surface area contributed by atoms with Crippen molar-refractivity contribution in [1.82, 2.24) is 4.31 Å². The minimum Gasteiger partial charge on any atom is -0.366 e. The van der Waals surface area contributed by atoms with Gasteiger partial charge in [-0.25, -0.2) is 8.42 Å². The number of nitrogens with two attached hydrogens (primary N) is 1. The van der Waals surface area contributed by atoms with Gasteiger partial charge in [-0.3, -0.25) is 9.59 Å². The molecule has 1 saturated heterocycles. The molecule has 2 amide bonds. The minimum atomic E-state index is -3.59. The molecule has 1 fully saturated rings. The quantitative estimate of drug-likeness (QED) is 0.761. The van der Waals surface area contributed by atoms with Gasteiger partial charge in [0.25, 0.3) is 5.91 Å². The highest BCUT2D eigenvalue weighted by Crippen LogP contribution is 2.27. The highest BCUT2D eigenvalue weighted by molar-refractivity contribution is 7.89. The molecule has 2 atom stereocenters. The molecule has 7 nitrogen and oxygen atoms in total. The molecule has 0 radical (unpaired) electrons. The van der Waals surface area contributed by atoms with Crippen LogP contribution in [0.5, 0.6) is 0 Å². The fraction of sp³-hybridized carbons (Fsp3) is 0.364. The summed E-state index contributed by atoms with van der Waals surface area (Å²) in [6.45, 7) is 6.87. The van der Waals surface area contributed by atoms with Crippen molar-refractivity contribution in [2.75, 3.05) is 18.4 Å². The average Bonchev–Trinajstić information content (AvgIpc) is 2.67. The highest BCUT2D eigenvalue weighted by Gasteiger charge is 2.31. The van der Waals surface area contributed by atoms with Crippen LogP contribution in [0.1, 0.15) is 46.5 Å². The molecule has 0 spiro atoms. The number of anilines is 1. The number of primary amides is 1. The molecular formula is C22H27N3O4S. The molecule has 8 heteroatoms. The number of hydrogen-bond acceptors (Lipinski definition) is 4. The predicted molar refractivity (Wildman–Crippen MR) is 116 cm³/mol. The van der Waals surface area contributed by atoms with E-state index >= 15 is 0 Å². The van der Waals surface area contributed by atoms with Gasteiger partial charge in [0.05, 0.1) is 4.90 Å². The van der Waals surface area contributed by atoms with Gasteiger partial charge in [0.1, 0.15) is 0 Å². The molecule has 1 heterocycles. The Morgan fingerprint density at radius 2 is 1.63 bits per heavy atom. The second kappa shape index (κ2) is 8.57. The van der Waals surface area contributed by atoms with E-state index in [1.165, 1.54) is 28.6 Å². The van der Waals surface area contributed by atoms with E-state index in [9.17, 15) is 18.0 Å². The molecule has 0 aliphatic carbocycles. The standard InChI is InChI=1S/C22H27N3O4S/c1-14-10-15(2)13-25(12-14)30(28,29)19-7-4-17(5-8-19)22(27)24-18-6-9-20(21(23)26)16(3)11-18/h4-9,11,14-15H,10,12-13H2,1-3H3,(H2,23,26)(H,24,27). The van der Waals surface area contributed by atoms with Gasteiger partial charge in [-0.05, 0) is 73.2 Å². The smallest absolute Gasteiger partial charge is 0.255 e. The fourth-order valence-electron chi connectivity index (χ4n) is 3.95. The zero-order valence-corrected chi connectivity index (χ0v) is 18.2. The fourth-order valence-corrected chi connectivity index (χ4v) is 5.63. The Balaban J connectivity index is 1.74. The lowest BCUT2D eigenvalue weighted by Gasteiger charge is -2.34. The number of piperidine rings is 1. The summed E-state index contributed by atoms with van der Waals surface area (Å²) in [5.74, 6) is -0.263. The van der Waals surface area contributed by atoms with Crippen molar-refractivity contribution in [3.05, 3.63) is 59.2 Å². The monoisotopic (exact) mass is 429 g/mol. The molecule has 3 N–H and O–H groups in total. The van der Waals surface area contributed by atoms with E-state index in [1.54, 1.807) is 25.1 Å². The van der Waals surface area contributed by atoms with Gasteiger partial charge < -0.3 is 11.1 Å². The van der Waals surface area contributed by atoms with E-state index in [0.717, 1.165) is 6.42 Å². The summed E-state index contributed by atoms with van der Waals surface area (Å²) in [5, 5.41) is 2.75. The zero-order chi connectivity index (χ0) is 22.1. The summed E-state index contributed by atoms with van der Waals surface area (Å²) >= 11 is 0. The maximum absolute atomic E-state index is 13.0. The molecule has 0 bridgehead atoms. The second-order valence-electron chi connectivity index (χ2n) is 8.14. The van der Waals surface area contributed by atoms with Crippen LogP contribution in [0.2, 0.25) is 0 Å². The number of nitrogens with zero attached hydrogens (tertiary/aromatic N) is 1. The summed E-state index contributed by atoms with van der Waals surface area (Å²) in [6, 6.07) is 10.8. The SMILES string of the molecule is Cc1cc(NC(=O)c2ccc(S(=O)(=O)N3CC(C)CC(C)C3)cc2)ccc1C(N)=O. The highest BCUT2D eigenvalue weighted by atomic mass is 32.2. The molecule has 2 aromatic rings. The normalized spacial score (nSPS) is 20.0. The van der Waals surface area contributed by atoms with Crippen molar-refractivity contribution >= 4 is 27.5 Å². The molecule has 160 valence electrons. The van der Waals surface area contributed by atoms with Crippen LogP contribution in [0.4, 0.5) is 5.69 Å². The first-order valence-electron chi connectivity index (χ1n) is 9.90. The van der Waals surface area contributed by atoms with Crippen molar-refractivity contribution in [2.45, 2.75) is 32.1 Å². The van der Waals surface area contributed by atoms with E-state index in [-0.39, 0.29) is 10.8 Å². The molecule has 1 aliphatic heterocycles. The summed E-state index contributed by atoms with van der Waals surface area (Å²) in [7, 11) is -3.59. The molecule has 30 heavy (non-hydrogen) atoms. The largest absolute Gasteiger partial charge is 0.366 e. The Morgan fingerprint density at radius 3 is 2.17 bits per heavy atom. The van der Waals surface area contributed by atoms with Gasteiger partial charge in [-0.2, -0.15) is 4.31 Å². The van der Waals surface area contributed by atoms with Crippen molar-refractivity contribution in [1.29, 1.82) is 0 Å². The van der Waals surface area contributed by atoms with E-state index in [2.05, 4.69) is 19.2 Å². The first kappa shape index (κ1) is 22.0. The molecule has 1 aliphatic rings. The van der Waals surface area contributed by atoms with Crippen LogP contribution in [-0.4, -0.2) is 37.6 Å². The first-order valence-corrected chi connectivity index (χ1v) is 11.3. The number of sulfonamides is 1. The van der Waals surface area contributed by atoms with Crippen LogP contribution >= 0.6 is 0 Å². The number of carbonyl (C=O) groups excluding carboxylic acids is 2. The Kier molecular flexibility index (Phi) is 6.28. The topological polar surface area (TPSA) is 110 Å². The summed E-state index contributed by atoms with van der Waals surface area (Å²) in [4.78, 5) is 24.0. The predicted octanol–water partition coefficient (Wildman–Crippen LogP) is 3.01. The van der Waals surface area contributed by atoms with Crippen LogP contribution in [0, 0.1) is 18.8 Å². The number of nitrogens with one attached hydrogen (secondary N) is 1. The first-order chi connectivity index (χ1) is 14.1. The van der Waals surface area contributed by atoms with Crippen LogP contribution in [-0.2, 0) is 10.0 Å². The zero-order valence-electron chi connectivity index (χ0n) is 17.4. The third kappa shape index (κ3) is 4.71. The van der Waals surface area contributed by atoms with Crippen LogP contribution in [0.25, 0.3) is 0 Å². The third-order valence-electron chi connectivity index (χ3n) is 5.34. The summed E-state index contributed by atoms with van der Waals surface area (Å²) < 4.78 is 27.5. The number of aryl methyl sites for hydroxylation is 1. The van der Waals surface area contributed by atoms with E-state index < -0.39 is 15.9 Å². The van der Waals surface area contributed by atoms with E-state index in [1.807, 2.05) is 0 Å². The maximum atomic E-state index is 13.0. The molecule has 0 saturated carbocycles. The minimum absolute atomic E-state index is 0.182. The third-order valence-corrected chi connectivity index (χ3v) is 7.19. The lowest BCUT2D eigenvalue weighted by atomic mass is 9.94. The number of carbonyl (C=O) groups is 2. The Morgan fingerprint density at radius 1 is 1.03 bits per heavy atom. The van der Waals surface area contributed by atoms with Crippen molar-refractivity contribution in [3.8, 4) is 0 Å². The Labute approximate surface area is 177 Å². The molecule has 3 rings (SSSR count). The van der Waals surface area contributed by atoms with Crippen LogP contribution in [0.15, 0.2) is 47.4 Å². The lowest BCUT2D eigenvalue weighted by Crippen LogP contribution is -2.42. The number of benzene rings is 2. The summed E-state index contributed by atoms with van der Waals surface area (Å²) in [5.41, 5.74) is 7.21. The molecule has 2 aromatic carbocycles. The number of hydrogen-bond donors (Lipinski definition) is 2. The van der Waals surface area contributed by atoms with Gasteiger partial charge in [-0.1, -0.05) is 13.8 Å². The van der Waals surface area contributed by atoms with E-state index in [0.29, 0.717) is 47.3 Å². The Bertz CT molecular complexity index is 1050. The number of amides is 2. The van der Waals surface area contributed by atoms with Gasteiger partial charge in [0.2, 0.25) is 15.9 Å². The van der Waals surface area contributed by atoms with Gasteiger partial charge >= 0.3 is 0 Å². The van der Waals surface area contributed by atoms with Gasteiger partial charge in [0, 0.05) is 29.9 Å².